The van der Waals surface area contributed by atoms with Gasteiger partial charge < -0.3 is 19.9 Å². The molecule has 1 aromatic carbocycles. The van der Waals surface area contributed by atoms with Crippen LogP contribution >= 0.6 is 0 Å². The zero-order valence-corrected chi connectivity index (χ0v) is 17.7. The lowest BCUT2D eigenvalue weighted by Gasteiger charge is -2.37. The Bertz CT molecular complexity index is 1110. The van der Waals surface area contributed by atoms with Gasteiger partial charge in [-0.25, -0.2) is 4.39 Å². The minimum absolute atomic E-state index is 0.0530. The Morgan fingerprint density at radius 2 is 2.10 bits per heavy atom. The fourth-order valence-electron chi connectivity index (χ4n) is 4.65. The molecule has 2 atom stereocenters. The molecule has 8 heteroatoms. The standard InChI is InChI=1S/C23H26FN3O4/c1-3-14-5-4-8-26-12-18(14)27-11-16(20(28)21(29)19(27)23(26)31)22(30)25-10-15-7-6-13(2)9-17(15)24/h6-7,9,11,14,18,29H,3-5,8,10,12H2,1-2H3,(H,25,30). The molecule has 0 saturated carbocycles. The average molecular weight is 427 g/mol. The predicted octanol–water partition coefficient (Wildman–Crippen LogP) is 2.75. The number of carbonyl (C=O) groups is 2. The van der Waals surface area contributed by atoms with Crippen molar-refractivity contribution in [3.63, 3.8) is 0 Å². The third kappa shape index (κ3) is 3.71. The molecule has 0 spiro atoms. The van der Waals surface area contributed by atoms with E-state index in [9.17, 15) is 23.9 Å². The van der Waals surface area contributed by atoms with Crippen molar-refractivity contribution in [2.45, 2.75) is 45.7 Å². The van der Waals surface area contributed by atoms with Gasteiger partial charge in [0.25, 0.3) is 11.8 Å². The van der Waals surface area contributed by atoms with Crippen LogP contribution in [0.3, 0.4) is 0 Å². The first-order valence-corrected chi connectivity index (χ1v) is 10.6. The Balaban J connectivity index is 1.69. The van der Waals surface area contributed by atoms with E-state index in [0.717, 1.165) is 24.8 Å². The Kier molecular flexibility index (Phi) is 5.56. The molecule has 1 fully saturated rings. The molecule has 0 radical (unpaired) electrons. The maximum Gasteiger partial charge on any atom is 0.274 e. The summed E-state index contributed by atoms with van der Waals surface area (Å²) >= 11 is 0. The molecule has 2 unspecified atom stereocenters. The second-order valence-electron chi connectivity index (χ2n) is 8.38. The van der Waals surface area contributed by atoms with Crippen molar-refractivity contribution in [3.8, 4) is 5.75 Å². The number of hydrogen-bond donors (Lipinski definition) is 2. The maximum absolute atomic E-state index is 14.1. The number of fused-ring (bicyclic) bond motifs is 4. The summed E-state index contributed by atoms with van der Waals surface area (Å²) in [5.74, 6) is -1.99. The highest BCUT2D eigenvalue weighted by atomic mass is 19.1. The molecular weight excluding hydrogens is 401 g/mol. The molecule has 0 aliphatic carbocycles. The summed E-state index contributed by atoms with van der Waals surface area (Å²) in [5.41, 5.74) is -0.147. The van der Waals surface area contributed by atoms with Crippen LogP contribution in [0.15, 0.2) is 29.2 Å². The second-order valence-corrected chi connectivity index (χ2v) is 8.38. The van der Waals surface area contributed by atoms with Crippen molar-refractivity contribution in [2.24, 2.45) is 5.92 Å². The molecule has 31 heavy (non-hydrogen) atoms. The number of aromatic nitrogens is 1. The summed E-state index contributed by atoms with van der Waals surface area (Å²) in [4.78, 5) is 40.1. The van der Waals surface area contributed by atoms with Gasteiger partial charge in [-0.1, -0.05) is 25.5 Å². The normalized spacial score (nSPS) is 20.2. The smallest absolute Gasteiger partial charge is 0.274 e. The van der Waals surface area contributed by atoms with Gasteiger partial charge in [0.1, 0.15) is 11.4 Å². The molecule has 1 aromatic heterocycles. The summed E-state index contributed by atoms with van der Waals surface area (Å²) in [5, 5.41) is 13.1. The van der Waals surface area contributed by atoms with Gasteiger partial charge in [0.15, 0.2) is 11.4 Å². The molecule has 2 bridgehead atoms. The minimum Gasteiger partial charge on any atom is -0.503 e. The number of nitrogens with zero attached hydrogens (tertiary/aromatic N) is 2. The number of benzene rings is 1. The Morgan fingerprint density at radius 3 is 2.81 bits per heavy atom. The van der Waals surface area contributed by atoms with Crippen LogP contribution in [-0.4, -0.2) is 39.5 Å². The number of pyridine rings is 1. The summed E-state index contributed by atoms with van der Waals surface area (Å²) in [6.45, 7) is 4.82. The Labute approximate surface area is 179 Å². The summed E-state index contributed by atoms with van der Waals surface area (Å²) in [6.07, 6.45) is 4.04. The summed E-state index contributed by atoms with van der Waals surface area (Å²) < 4.78 is 15.7. The first-order valence-electron chi connectivity index (χ1n) is 10.6. The molecule has 7 nitrogen and oxygen atoms in total. The van der Waals surface area contributed by atoms with Crippen molar-refractivity contribution in [3.05, 3.63) is 62.8 Å². The maximum atomic E-state index is 14.1. The van der Waals surface area contributed by atoms with Gasteiger partial charge in [0.2, 0.25) is 5.43 Å². The number of halogens is 1. The SMILES string of the molecule is CCC1CCCN2CC1n1cc(C(=O)NCc3ccc(C)cc3F)c(=O)c(O)c1C2=O. The summed E-state index contributed by atoms with van der Waals surface area (Å²) in [6, 6.07) is 4.56. The molecule has 4 rings (SSSR count). The van der Waals surface area contributed by atoms with Crippen LogP contribution in [0.1, 0.15) is 64.2 Å². The van der Waals surface area contributed by atoms with Crippen LogP contribution in [0, 0.1) is 18.7 Å². The van der Waals surface area contributed by atoms with Crippen LogP contribution in [0.2, 0.25) is 0 Å². The largest absolute Gasteiger partial charge is 0.503 e. The van der Waals surface area contributed by atoms with Crippen LogP contribution in [0.4, 0.5) is 4.39 Å². The van der Waals surface area contributed by atoms with Gasteiger partial charge in [-0.05, 0) is 37.3 Å². The van der Waals surface area contributed by atoms with E-state index < -0.39 is 28.8 Å². The number of aromatic hydroxyl groups is 1. The number of carbonyl (C=O) groups excluding carboxylic acids is 2. The van der Waals surface area contributed by atoms with E-state index in [-0.39, 0.29) is 29.8 Å². The molecule has 2 aromatic rings. The first-order chi connectivity index (χ1) is 14.8. The van der Waals surface area contributed by atoms with Crippen LogP contribution in [-0.2, 0) is 6.54 Å². The molecule has 2 aliphatic heterocycles. The molecular formula is C23H26FN3O4. The van der Waals surface area contributed by atoms with Gasteiger partial charge >= 0.3 is 0 Å². The van der Waals surface area contributed by atoms with Crippen molar-refractivity contribution in [1.29, 1.82) is 0 Å². The quantitative estimate of drug-likeness (QED) is 0.785. The zero-order valence-electron chi connectivity index (χ0n) is 17.7. The van der Waals surface area contributed by atoms with Gasteiger partial charge in [0.05, 0.1) is 6.04 Å². The van der Waals surface area contributed by atoms with Crippen molar-refractivity contribution in [1.82, 2.24) is 14.8 Å². The van der Waals surface area contributed by atoms with Gasteiger partial charge in [-0.3, -0.25) is 14.4 Å². The van der Waals surface area contributed by atoms with E-state index in [1.807, 2.05) is 0 Å². The van der Waals surface area contributed by atoms with Crippen molar-refractivity contribution >= 4 is 11.8 Å². The van der Waals surface area contributed by atoms with E-state index in [4.69, 9.17) is 0 Å². The number of amides is 2. The van der Waals surface area contributed by atoms with Crippen LogP contribution in [0.25, 0.3) is 0 Å². The van der Waals surface area contributed by atoms with E-state index in [0.29, 0.717) is 18.7 Å². The molecule has 164 valence electrons. The lowest BCUT2D eigenvalue weighted by Crippen LogP contribution is -2.45. The fraction of sp³-hybridized carbons (Fsp3) is 0.435. The summed E-state index contributed by atoms with van der Waals surface area (Å²) in [7, 11) is 0. The third-order valence-electron chi connectivity index (χ3n) is 6.43. The number of aryl methyl sites for hydroxylation is 1. The monoisotopic (exact) mass is 427 g/mol. The van der Waals surface area contributed by atoms with Crippen LogP contribution in [0.5, 0.6) is 5.75 Å². The molecule has 3 heterocycles. The lowest BCUT2D eigenvalue weighted by atomic mass is 9.91. The zero-order chi connectivity index (χ0) is 22.3. The fourth-order valence-corrected chi connectivity index (χ4v) is 4.65. The molecule has 2 amide bonds. The first kappa shape index (κ1) is 21.1. The van der Waals surface area contributed by atoms with Crippen molar-refractivity contribution < 1.29 is 19.1 Å². The third-order valence-corrected chi connectivity index (χ3v) is 6.43. The lowest BCUT2D eigenvalue weighted by molar-refractivity contribution is 0.0657. The van der Waals surface area contributed by atoms with E-state index in [1.165, 1.54) is 12.3 Å². The van der Waals surface area contributed by atoms with E-state index >= 15 is 0 Å². The predicted molar refractivity (Wildman–Crippen MR) is 113 cm³/mol. The van der Waals surface area contributed by atoms with E-state index in [2.05, 4.69) is 12.2 Å². The van der Waals surface area contributed by atoms with Crippen molar-refractivity contribution in [2.75, 3.05) is 13.1 Å². The number of rotatable bonds is 4. The molecule has 2 N–H and O–H groups in total. The number of nitrogens with one attached hydrogen (secondary N) is 1. The molecule has 2 aliphatic rings. The Morgan fingerprint density at radius 1 is 1.32 bits per heavy atom. The highest BCUT2D eigenvalue weighted by Crippen LogP contribution is 2.36. The number of hydrogen-bond acceptors (Lipinski definition) is 4. The van der Waals surface area contributed by atoms with Gasteiger partial charge in [-0.15, -0.1) is 0 Å². The van der Waals surface area contributed by atoms with Crippen LogP contribution < -0.4 is 10.7 Å². The molecule has 1 saturated heterocycles. The highest BCUT2D eigenvalue weighted by Gasteiger charge is 2.39. The minimum atomic E-state index is -0.894. The average Bonchev–Trinajstić information content (AvgIpc) is 2.93. The van der Waals surface area contributed by atoms with Gasteiger partial charge in [-0.2, -0.15) is 0 Å². The Hall–Kier alpha value is -3.16. The highest BCUT2D eigenvalue weighted by molar-refractivity contribution is 5.99. The van der Waals surface area contributed by atoms with E-state index in [1.54, 1.807) is 28.5 Å². The topological polar surface area (TPSA) is 91.6 Å². The van der Waals surface area contributed by atoms with Gasteiger partial charge in [0, 0.05) is 31.4 Å². The second kappa shape index (κ2) is 8.17.